The van der Waals surface area contributed by atoms with Gasteiger partial charge >= 0.3 is 5.97 Å². The van der Waals surface area contributed by atoms with Gasteiger partial charge in [0.2, 0.25) is 11.8 Å². The fraction of sp³-hybridized carbons (Fsp3) is 0.639. The van der Waals surface area contributed by atoms with Crippen LogP contribution in [0.15, 0.2) is 60.8 Å². The standard InChI is InChI=1S/C32H52N2O5S.2C2H6/c1-5-7-8-9-10-11-12-13-14-15-16-17-18-19-20-21-22-23-29(36)39-40-27-26-33-28(35)24-25-34-31(38)30(37)32(3,4)6-2;2*1-2/h7-8,10-11,13-14,16-17,19-20,30,37H,5-6,9,12,15,18,21-27H2,1-4H3,(H,33,35)(H,34,38);2*1-2H3/b8-7-,11-10-,14-13-,17-16-,20-19-;;/t30-;;/m0../s1. The van der Waals surface area contributed by atoms with Crippen LogP contribution in [0.25, 0.3) is 0 Å². The molecule has 0 saturated heterocycles. The molecule has 0 aromatic carbocycles. The molecule has 0 aliphatic carbocycles. The van der Waals surface area contributed by atoms with Gasteiger partial charge in [0.15, 0.2) is 0 Å². The third-order valence-corrected chi connectivity index (χ3v) is 6.79. The minimum absolute atomic E-state index is 0.116. The van der Waals surface area contributed by atoms with E-state index in [0.717, 1.165) is 57.0 Å². The van der Waals surface area contributed by atoms with Crippen LogP contribution in [0.3, 0.4) is 0 Å². The molecule has 44 heavy (non-hydrogen) atoms. The van der Waals surface area contributed by atoms with E-state index in [0.29, 0.717) is 25.1 Å². The number of rotatable bonds is 23. The number of nitrogens with one attached hydrogen (secondary N) is 2. The van der Waals surface area contributed by atoms with E-state index in [-0.39, 0.29) is 24.8 Å². The van der Waals surface area contributed by atoms with Gasteiger partial charge in [0.1, 0.15) is 6.10 Å². The minimum atomic E-state index is -1.11. The van der Waals surface area contributed by atoms with Crippen molar-refractivity contribution in [3.8, 4) is 0 Å². The summed E-state index contributed by atoms with van der Waals surface area (Å²) in [5.41, 5.74) is -0.517. The summed E-state index contributed by atoms with van der Waals surface area (Å²) in [6.07, 6.45) is 28.1. The van der Waals surface area contributed by atoms with Crippen molar-refractivity contribution in [2.24, 2.45) is 5.41 Å². The molecule has 0 heterocycles. The number of carbonyl (C=O) groups excluding carboxylic acids is 3. The van der Waals surface area contributed by atoms with Crippen LogP contribution in [0.1, 0.15) is 120 Å². The van der Waals surface area contributed by atoms with Gasteiger partial charge in [0.25, 0.3) is 0 Å². The number of amides is 2. The first-order valence-electron chi connectivity index (χ1n) is 16.5. The number of hydrogen-bond acceptors (Lipinski definition) is 6. The fourth-order valence-corrected chi connectivity index (χ4v) is 3.63. The smallest absolute Gasteiger partial charge is 0.317 e. The highest BCUT2D eigenvalue weighted by Gasteiger charge is 2.31. The molecule has 0 fully saturated rings. The van der Waals surface area contributed by atoms with E-state index in [9.17, 15) is 19.5 Å². The summed E-state index contributed by atoms with van der Waals surface area (Å²) in [5.74, 6) is -0.501. The van der Waals surface area contributed by atoms with Crippen molar-refractivity contribution in [1.82, 2.24) is 10.6 Å². The molecular weight excluding hydrogens is 572 g/mol. The maximum absolute atomic E-state index is 12.0. The van der Waals surface area contributed by atoms with Crippen molar-refractivity contribution in [3.63, 3.8) is 0 Å². The van der Waals surface area contributed by atoms with Crippen LogP contribution in [0.5, 0.6) is 0 Å². The van der Waals surface area contributed by atoms with Crippen molar-refractivity contribution >= 4 is 29.8 Å². The molecule has 3 N–H and O–H groups in total. The summed E-state index contributed by atoms with van der Waals surface area (Å²) in [7, 11) is 0. The lowest BCUT2D eigenvalue weighted by Gasteiger charge is -2.28. The van der Waals surface area contributed by atoms with Gasteiger partial charge < -0.3 is 19.9 Å². The Bertz CT molecular complexity index is 847. The van der Waals surface area contributed by atoms with E-state index in [4.69, 9.17) is 4.18 Å². The van der Waals surface area contributed by atoms with Crippen LogP contribution in [-0.2, 0) is 18.6 Å². The van der Waals surface area contributed by atoms with Crippen LogP contribution in [0.4, 0.5) is 0 Å². The summed E-state index contributed by atoms with van der Waals surface area (Å²) >= 11 is 1.02. The van der Waals surface area contributed by atoms with E-state index in [2.05, 4.69) is 78.3 Å². The second kappa shape index (κ2) is 34.9. The molecule has 2 amide bonds. The lowest BCUT2D eigenvalue weighted by Crippen LogP contribution is -2.44. The number of hydrogen-bond donors (Lipinski definition) is 3. The molecule has 7 nitrogen and oxygen atoms in total. The van der Waals surface area contributed by atoms with E-state index in [1.807, 2.05) is 48.5 Å². The van der Waals surface area contributed by atoms with Crippen molar-refractivity contribution < 1.29 is 23.7 Å². The summed E-state index contributed by atoms with van der Waals surface area (Å²) in [6.45, 7) is 16.2. The van der Waals surface area contributed by atoms with Gasteiger partial charge in [-0.05, 0) is 56.8 Å². The molecule has 0 unspecified atom stereocenters. The summed E-state index contributed by atoms with van der Waals surface area (Å²) in [5, 5.41) is 15.4. The van der Waals surface area contributed by atoms with Gasteiger partial charge in [0.05, 0.1) is 12.0 Å². The maximum Gasteiger partial charge on any atom is 0.317 e. The predicted octanol–water partition coefficient (Wildman–Crippen LogP) is 8.57. The Labute approximate surface area is 274 Å². The van der Waals surface area contributed by atoms with Crippen LogP contribution in [0.2, 0.25) is 0 Å². The Kier molecular flexibility index (Phi) is 36.4. The third kappa shape index (κ3) is 30.9. The van der Waals surface area contributed by atoms with Gasteiger partial charge in [-0.25, -0.2) is 0 Å². The van der Waals surface area contributed by atoms with Crippen molar-refractivity contribution in [3.05, 3.63) is 60.8 Å². The second-order valence-electron chi connectivity index (χ2n) is 10.0. The fourth-order valence-electron chi connectivity index (χ4n) is 3.15. The first-order valence-corrected chi connectivity index (χ1v) is 17.4. The minimum Gasteiger partial charge on any atom is -0.391 e. The normalized spacial score (nSPS) is 12.3. The Hall–Kier alpha value is -2.58. The number of aliphatic hydroxyl groups is 1. The third-order valence-electron chi connectivity index (χ3n) is 6.12. The molecule has 0 aliphatic heterocycles. The van der Waals surface area contributed by atoms with E-state index >= 15 is 0 Å². The molecule has 254 valence electrons. The molecular formula is C36H64N2O5S. The zero-order valence-electron chi connectivity index (χ0n) is 29.0. The first kappa shape index (κ1) is 45.8. The van der Waals surface area contributed by atoms with Gasteiger partial charge in [0, 0.05) is 31.7 Å². The quantitative estimate of drug-likeness (QED) is 0.0590. The first-order chi connectivity index (χ1) is 21.2. The van der Waals surface area contributed by atoms with E-state index < -0.39 is 17.4 Å². The lowest BCUT2D eigenvalue weighted by atomic mass is 9.83. The Balaban J connectivity index is -0.00000402. The molecule has 8 heteroatoms. The predicted molar refractivity (Wildman–Crippen MR) is 190 cm³/mol. The average molecular weight is 637 g/mol. The van der Waals surface area contributed by atoms with Crippen LogP contribution in [0, 0.1) is 5.41 Å². The Morgan fingerprint density at radius 2 is 1.25 bits per heavy atom. The molecule has 0 saturated carbocycles. The number of aliphatic hydroxyl groups excluding tert-OH is 1. The maximum atomic E-state index is 12.0. The Morgan fingerprint density at radius 3 is 1.75 bits per heavy atom. The number of carbonyl (C=O) groups is 3. The Morgan fingerprint density at radius 1 is 0.750 bits per heavy atom. The van der Waals surface area contributed by atoms with Crippen LogP contribution < -0.4 is 10.6 Å². The monoisotopic (exact) mass is 636 g/mol. The summed E-state index contributed by atoms with van der Waals surface area (Å²) in [6, 6.07) is 0. The highest BCUT2D eigenvalue weighted by molar-refractivity contribution is 7.95. The van der Waals surface area contributed by atoms with Gasteiger partial charge in [-0.1, -0.05) is 116 Å². The zero-order chi connectivity index (χ0) is 33.9. The van der Waals surface area contributed by atoms with Crippen LogP contribution in [-0.4, -0.2) is 47.8 Å². The molecule has 0 aromatic rings. The van der Waals surface area contributed by atoms with E-state index in [1.165, 1.54) is 0 Å². The van der Waals surface area contributed by atoms with E-state index in [1.54, 1.807) is 0 Å². The van der Waals surface area contributed by atoms with Crippen molar-refractivity contribution in [2.45, 2.75) is 126 Å². The van der Waals surface area contributed by atoms with Gasteiger partial charge in [-0.2, -0.15) is 0 Å². The molecule has 0 rings (SSSR count). The zero-order valence-corrected chi connectivity index (χ0v) is 29.8. The molecule has 1 atom stereocenters. The lowest BCUT2D eigenvalue weighted by molar-refractivity contribution is -0.135. The van der Waals surface area contributed by atoms with Crippen molar-refractivity contribution in [2.75, 3.05) is 18.8 Å². The topological polar surface area (TPSA) is 105 Å². The second-order valence-corrected chi connectivity index (χ2v) is 10.8. The highest BCUT2D eigenvalue weighted by Crippen LogP contribution is 2.24. The largest absolute Gasteiger partial charge is 0.391 e. The van der Waals surface area contributed by atoms with Gasteiger partial charge in [-0.3, -0.25) is 14.4 Å². The van der Waals surface area contributed by atoms with Crippen molar-refractivity contribution in [1.29, 1.82) is 0 Å². The van der Waals surface area contributed by atoms with Crippen LogP contribution >= 0.6 is 12.0 Å². The van der Waals surface area contributed by atoms with Gasteiger partial charge in [-0.15, -0.1) is 0 Å². The average Bonchev–Trinajstić information content (AvgIpc) is 3.03. The number of unbranched alkanes of at least 4 members (excludes halogenated alkanes) is 1. The number of allylic oxidation sites excluding steroid dienone is 10. The SMILES string of the molecule is CC.CC.CC/C=C\C/C=C\C/C=C\C/C=C\C/C=C\CCCC(=O)OSCCNC(=O)CCNC(=O)[C@H](O)C(C)(C)CC. The molecule has 0 spiro atoms. The molecule has 0 radical (unpaired) electrons. The summed E-state index contributed by atoms with van der Waals surface area (Å²) in [4.78, 5) is 35.7. The molecule has 0 bridgehead atoms. The summed E-state index contributed by atoms with van der Waals surface area (Å²) < 4.78 is 5.13. The highest BCUT2D eigenvalue weighted by atomic mass is 32.2. The molecule has 0 aliphatic rings. The molecule has 0 aromatic heterocycles.